The van der Waals surface area contributed by atoms with Crippen LogP contribution in [0.5, 0.6) is 0 Å². The first-order chi connectivity index (χ1) is 5.16. The van der Waals surface area contributed by atoms with Gasteiger partial charge in [-0.1, -0.05) is 32.4 Å². The van der Waals surface area contributed by atoms with Gasteiger partial charge in [-0.05, 0) is 18.8 Å². The molecule has 0 atom stereocenters. The molecule has 0 fully saturated rings. The van der Waals surface area contributed by atoms with E-state index in [1.807, 2.05) is 0 Å². The second-order valence-electron chi connectivity index (χ2n) is 3.41. The van der Waals surface area contributed by atoms with Crippen LogP contribution in [0.15, 0.2) is 12.2 Å². The number of hydrogen-bond donors (Lipinski definition) is 0. The largest absolute Gasteiger partial charge is 0.303 e. The molecule has 64 valence electrons. The highest BCUT2D eigenvalue weighted by Crippen LogP contribution is 2.11. The molecule has 0 aromatic carbocycles. The van der Waals surface area contributed by atoms with Crippen LogP contribution in [-0.4, -0.2) is 6.29 Å². The van der Waals surface area contributed by atoms with Crippen LogP contribution in [0.4, 0.5) is 0 Å². The highest BCUT2D eigenvalue weighted by atomic mass is 16.1. The van der Waals surface area contributed by atoms with Crippen LogP contribution < -0.4 is 0 Å². The Morgan fingerprint density at radius 3 is 2.64 bits per heavy atom. The number of allylic oxidation sites excluding steroid dienone is 1. The average molecular weight is 154 g/mol. The number of carbonyl (C=O) groups excluding carboxylic acids is 1. The standard InChI is InChI=1S/C10H18O/c1-9(2)5-4-6-10(3)7-8-11/h8-9H,3-7H2,1-2H3. The van der Waals surface area contributed by atoms with Crippen LogP contribution in [0.3, 0.4) is 0 Å². The van der Waals surface area contributed by atoms with E-state index in [2.05, 4.69) is 20.4 Å². The van der Waals surface area contributed by atoms with Crippen molar-refractivity contribution in [3.63, 3.8) is 0 Å². The zero-order valence-electron chi connectivity index (χ0n) is 7.60. The van der Waals surface area contributed by atoms with Gasteiger partial charge in [0, 0.05) is 6.42 Å². The van der Waals surface area contributed by atoms with Crippen LogP contribution in [0.1, 0.15) is 39.5 Å². The zero-order valence-corrected chi connectivity index (χ0v) is 7.60. The Balaban J connectivity index is 3.24. The lowest BCUT2D eigenvalue weighted by Gasteiger charge is -2.04. The molecule has 0 rings (SSSR count). The van der Waals surface area contributed by atoms with Crippen LogP contribution in [-0.2, 0) is 4.79 Å². The van der Waals surface area contributed by atoms with Crippen molar-refractivity contribution < 1.29 is 4.79 Å². The third-order valence-corrected chi connectivity index (χ3v) is 1.68. The van der Waals surface area contributed by atoms with E-state index in [-0.39, 0.29) is 0 Å². The molecule has 0 aromatic rings. The van der Waals surface area contributed by atoms with E-state index in [0.717, 1.165) is 24.2 Å². The second-order valence-corrected chi connectivity index (χ2v) is 3.41. The Labute approximate surface area is 69.5 Å². The summed E-state index contributed by atoms with van der Waals surface area (Å²) in [6.07, 6.45) is 4.88. The second kappa shape index (κ2) is 6.14. The highest BCUT2D eigenvalue weighted by molar-refractivity contribution is 5.53. The Morgan fingerprint density at radius 2 is 2.18 bits per heavy atom. The molecule has 0 unspecified atom stereocenters. The summed E-state index contributed by atoms with van der Waals surface area (Å²) in [4.78, 5) is 10.1. The average Bonchev–Trinajstić information content (AvgIpc) is 1.87. The third-order valence-electron chi connectivity index (χ3n) is 1.68. The molecule has 0 heterocycles. The van der Waals surface area contributed by atoms with Gasteiger partial charge < -0.3 is 4.79 Å². The molecule has 0 spiro atoms. The molecule has 0 saturated heterocycles. The predicted molar refractivity (Wildman–Crippen MR) is 48.5 cm³/mol. The van der Waals surface area contributed by atoms with Crippen molar-refractivity contribution >= 4 is 6.29 Å². The fraction of sp³-hybridized carbons (Fsp3) is 0.700. The summed E-state index contributed by atoms with van der Waals surface area (Å²) < 4.78 is 0. The van der Waals surface area contributed by atoms with Crippen molar-refractivity contribution in [3.05, 3.63) is 12.2 Å². The number of aldehydes is 1. The molecule has 0 aromatic heterocycles. The van der Waals surface area contributed by atoms with Gasteiger partial charge in [-0.2, -0.15) is 0 Å². The van der Waals surface area contributed by atoms with Crippen LogP contribution in [0.2, 0.25) is 0 Å². The molecule has 0 aliphatic heterocycles. The molecule has 11 heavy (non-hydrogen) atoms. The Hall–Kier alpha value is -0.590. The summed E-state index contributed by atoms with van der Waals surface area (Å²) in [5.41, 5.74) is 1.07. The lowest BCUT2D eigenvalue weighted by molar-refractivity contribution is -0.107. The number of carbonyl (C=O) groups is 1. The van der Waals surface area contributed by atoms with Crippen molar-refractivity contribution in [2.24, 2.45) is 5.92 Å². The summed E-state index contributed by atoms with van der Waals surface area (Å²) in [7, 11) is 0. The molecule has 0 bridgehead atoms. The van der Waals surface area contributed by atoms with E-state index < -0.39 is 0 Å². The maximum atomic E-state index is 10.1. The summed E-state index contributed by atoms with van der Waals surface area (Å²) in [5.74, 6) is 0.763. The molecule has 0 aliphatic rings. The molecule has 0 saturated carbocycles. The van der Waals surface area contributed by atoms with Crippen molar-refractivity contribution in [1.82, 2.24) is 0 Å². The normalized spacial score (nSPS) is 10.1. The third kappa shape index (κ3) is 7.31. The molecule has 0 radical (unpaired) electrons. The first kappa shape index (κ1) is 10.4. The summed E-state index contributed by atoms with van der Waals surface area (Å²) >= 11 is 0. The zero-order chi connectivity index (χ0) is 8.69. The molecular formula is C10H18O. The predicted octanol–water partition coefficient (Wildman–Crippen LogP) is 2.96. The van der Waals surface area contributed by atoms with Crippen molar-refractivity contribution in [2.45, 2.75) is 39.5 Å². The summed E-state index contributed by atoms with van der Waals surface area (Å²) in [6.45, 7) is 8.23. The van der Waals surface area contributed by atoms with Gasteiger partial charge in [-0.15, -0.1) is 0 Å². The fourth-order valence-electron chi connectivity index (χ4n) is 0.980. The molecule has 0 N–H and O–H groups in total. The SMILES string of the molecule is C=C(CC=O)CCCC(C)C. The minimum Gasteiger partial charge on any atom is -0.303 e. The quantitative estimate of drug-likeness (QED) is 0.424. The summed E-state index contributed by atoms with van der Waals surface area (Å²) in [5, 5.41) is 0. The maximum Gasteiger partial charge on any atom is 0.124 e. The number of rotatable bonds is 6. The fourth-order valence-corrected chi connectivity index (χ4v) is 0.980. The van der Waals surface area contributed by atoms with Gasteiger partial charge in [0.1, 0.15) is 6.29 Å². The van der Waals surface area contributed by atoms with E-state index in [1.54, 1.807) is 0 Å². The van der Waals surface area contributed by atoms with Gasteiger partial charge >= 0.3 is 0 Å². The van der Waals surface area contributed by atoms with E-state index >= 15 is 0 Å². The first-order valence-electron chi connectivity index (χ1n) is 4.27. The molecule has 0 aliphatic carbocycles. The van der Waals surface area contributed by atoms with E-state index in [4.69, 9.17) is 0 Å². The molecular weight excluding hydrogens is 136 g/mol. The van der Waals surface area contributed by atoms with Crippen molar-refractivity contribution in [1.29, 1.82) is 0 Å². The smallest absolute Gasteiger partial charge is 0.124 e. The highest BCUT2D eigenvalue weighted by Gasteiger charge is 1.96. The Morgan fingerprint density at radius 1 is 1.55 bits per heavy atom. The molecule has 1 heteroatoms. The lowest BCUT2D eigenvalue weighted by atomic mass is 10.0. The maximum absolute atomic E-state index is 10.1. The Bertz CT molecular complexity index is 125. The van der Waals surface area contributed by atoms with Gasteiger partial charge in [0.2, 0.25) is 0 Å². The lowest BCUT2D eigenvalue weighted by Crippen LogP contribution is -1.89. The van der Waals surface area contributed by atoms with Gasteiger partial charge in [0.05, 0.1) is 0 Å². The van der Waals surface area contributed by atoms with E-state index in [0.29, 0.717) is 6.42 Å². The van der Waals surface area contributed by atoms with E-state index in [1.165, 1.54) is 12.8 Å². The first-order valence-corrected chi connectivity index (χ1v) is 4.27. The van der Waals surface area contributed by atoms with E-state index in [9.17, 15) is 4.79 Å². The minimum atomic E-state index is 0.540. The summed E-state index contributed by atoms with van der Waals surface area (Å²) in [6, 6.07) is 0. The van der Waals surface area contributed by atoms with Crippen molar-refractivity contribution in [3.8, 4) is 0 Å². The molecule has 1 nitrogen and oxygen atoms in total. The van der Waals surface area contributed by atoms with Gasteiger partial charge in [0.25, 0.3) is 0 Å². The van der Waals surface area contributed by atoms with Crippen LogP contribution >= 0.6 is 0 Å². The van der Waals surface area contributed by atoms with Crippen LogP contribution in [0, 0.1) is 5.92 Å². The number of hydrogen-bond acceptors (Lipinski definition) is 1. The molecule has 0 amide bonds. The van der Waals surface area contributed by atoms with Crippen molar-refractivity contribution in [2.75, 3.05) is 0 Å². The van der Waals surface area contributed by atoms with Gasteiger partial charge in [0.15, 0.2) is 0 Å². The van der Waals surface area contributed by atoms with Gasteiger partial charge in [-0.25, -0.2) is 0 Å². The van der Waals surface area contributed by atoms with Crippen LogP contribution in [0.25, 0.3) is 0 Å². The Kier molecular flexibility index (Phi) is 5.81. The minimum absolute atomic E-state index is 0.540. The monoisotopic (exact) mass is 154 g/mol. The van der Waals surface area contributed by atoms with Gasteiger partial charge in [-0.3, -0.25) is 0 Å². The topological polar surface area (TPSA) is 17.1 Å².